The molecule has 2 bridgehead atoms. The average Bonchev–Trinajstić information content (AvgIpc) is 3.51. The van der Waals surface area contributed by atoms with E-state index in [0.29, 0.717) is 30.1 Å². The van der Waals surface area contributed by atoms with Crippen LogP contribution < -0.4 is 14.8 Å². The van der Waals surface area contributed by atoms with Crippen LogP contribution in [0.4, 0.5) is 9.59 Å². The first-order chi connectivity index (χ1) is 30.2. The standard InChI is InChI=1S/C49H69BN2O13/c1-45(2,3)61-42(55)40-35(20-18-31(41(40)60-44(57)63-47(7,8)9)22-23-50-64-37-25-32-24-36(48(32,10)11)49(37,12)65-50)59-34-27-52(28-34)38(53)26-33(51-43(56)62-46(4,5)6)19-21-39(54)58-29-30-16-14-13-15-17-30/h13-18,20,32-34,36-37H,19,21-29H2,1-12H3,(H,51,56)/t32-,33-,36-,37+,49-/m0/s1. The minimum Gasteiger partial charge on any atom is -0.486 e. The summed E-state index contributed by atoms with van der Waals surface area (Å²) >= 11 is 0. The molecule has 0 spiro atoms. The molecule has 3 aliphatic carbocycles. The minimum absolute atomic E-state index is 0.00938. The maximum Gasteiger partial charge on any atom is 0.514 e. The van der Waals surface area contributed by atoms with Gasteiger partial charge in [-0.2, -0.15) is 0 Å². The maximum atomic E-state index is 14.1. The smallest absolute Gasteiger partial charge is 0.486 e. The van der Waals surface area contributed by atoms with E-state index in [-0.39, 0.29) is 73.4 Å². The Hall–Kier alpha value is -4.83. The predicted molar refractivity (Wildman–Crippen MR) is 241 cm³/mol. The molecule has 5 atom stereocenters. The summed E-state index contributed by atoms with van der Waals surface area (Å²) in [7, 11) is -0.499. The van der Waals surface area contributed by atoms with Gasteiger partial charge >= 0.3 is 31.3 Å². The number of rotatable bonds is 15. The first-order valence-electron chi connectivity index (χ1n) is 23.0. The molecule has 15 nitrogen and oxygen atoms in total. The van der Waals surface area contributed by atoms with Gasteiger partial charge in [-0.3, -0.25) is 9.59 Å². The second-order valence-electron chi connectivity index (χ2n) is 21.7. The molecule has 5 aliphatic rings. The van der Waals surface area contributed by atoms with Crippen molar-refractivity contribution in [3.8, 4) is 11.5 Å². The highest BCUT2D eigenvalue weighted by molar-refractivity contribution is 6.45. The molecule has 1 N–H and O–H groups in total. The van der Waals surface area contributed by atoms with E-state index in [1.807, 2.05) is 30.3 Å². The molecule has 7 rings (SSSR count). The summed E-state index contributed by atoms with van der Waals surface area (Å²) in [5, 5.41) is 2.75. The van der Waals surface area contributed by atoms with Crippen molar-refractivity contribution in [2.45, 2.75) is 175 Å². The molecule has 2 heterocycles. The number of nitrogens with one attached hydrogen (secondary N) is 1. The number of esters is 2. The summed E-state index contributed by atoms with van der Waals surface area (Å²) in [5.74, 6) is -0.493. The van der Waals surface area contributed by atoms with Crippen molar-refractivity contribution in [1.29, 1.82) is 0 Å². The number of carbonyl (C=O) groups excluding carboxylic acids is 5. The van der Waals surface area contributed by atoms with E-state index in [2.05, 4.69) is 26.1 Å². The van der Waals surface area contributed by atoms with Crippen LogP contribution in [-0.2, 0) is 50.9 Å². The van der Waals surface area contributed by atoms with Gasteiger partial charge < -0.3 is 47.9 Å². The van der Waals surface area contributed by atoms with Gasteiger partial charge in [-0.1, -0.05) is 50.2 Å². The lowest BCUT2D eigenvalue weighted by Gasteiger charge is -2.64. The van der Waals surface area contributed by atoms with E-state index in [0.717, 1.165) is 18.4 Å². The Kier molecular flexibility index (Phi) is 14.6. The Balaban J connectivity index is 1.16. The zero-order chi connectivity index (χ0) is 47.7. The van der Waals surface area contributed by atoms with Crippen molar-refractivity contribution < 1.29 is 61.7 Å². The molecule has 5 fully saturated rings. The lowest BCUT2D eigenvalue weighted by Crippen LogP contribution is -2.65. The highest BCUT2D eigenvalue weighted by Gasteiger charge is 2.67. The van der Waals surface area contributed by atoms with Crippen molar-refractivity contribution in [1.82, 2.24) is 10.2 Å². The van der Waals surface area contributed by atoms with E-state index in [4.69, 9.17) is 37.7 Å². The topological polar surface area (TPSA) is 174 Å². The van der Waals surface area contributed by atoms with Crippen LogP contribution in [0.2, 0.25) is 6.32 Å². The summed E-state index contributed by atoms with van der Waals surface area (Å²) < 4.78 is 47.8. The van der Waals surface area contributed by atoms with Gasteiger partial charge in [0.25, 0.3) is 0 Å². The lowest BCUT2D eigenvalue weighted by atomic mass is 9.43. The third-order valence-corrected chi connectivity index (χ3v) is 12.6. The minimum atomic E-state index is -1.01. The van der Waals surface area contributed by atoms with Gasteiger partial charge in [-0.05, 0) is 136 Å². The molecule has 0 radical (unpaired) electrons. The zero-order valence-electron chi connectivity index (χ0n) is 40.3. The van der Waals surface area contributed by atoms with E-state index in [1.54, 1.807) is 79.3 Å². The maximum absolute atomic E-state index is 14.1. The third kappa shape index (κ3) is 12.7. The first kappa shape index (κ1) is 49.6. The SMILES string of the molecule is CC(C)(C)OC(=O)N[C@@H](CCC(=O)OCc1ccccc1)CC(=O)N1CC(Oc2ccc(CCB3O[C@@H]4C[C@@H]5C[C@@H](C5(C)C)[C@]4(C)O3)c(OC(=O)OC(C)(C)C)c2C(=O)OC(C)(C)C)C1. The summed E-state index contributed by atoms with van der Waals surface area (Å²) in [5.41, 5.74) is -1.53. The Bertz CT molecular complexity index is 2070. The fraction of sp³-hybridized carbons (Fsp3) is 0.653. The lowest BCUT2D eigenvalue weighted by molar-refractivity contribution is -0.199. The molecule has 2 amide bonds. The zero-order valence-corrected chi connectivity index (χ0v) is 40.3. The Morgan fingerprint density at radius 3 is 2.15 bits per heavy atom. The van der Waals surface area contributed by atoms with Crippen LogP contribution in [0.25, 0.3) is 0 Å². The average molecular weight is 905 g/mol. The number of ether oxygens (including phenoxy) is 6. The number of benzene rings is 2. The molecule has 0 unspecified atom stereocenters. The largest absolute Gasteiger partial charge is 0.514 e. The van der Waals surface area contributed by atoms with Crippen LogP contribution in [-0.4, -0.2) is 95.9 Å². The Morgan fingerprint density at radius 1 is 0.862 bits per heavy atom. The van der Waals surface area contributed by atoms with Crippen LogP contribution in [0, 0.1) is 17.3 Å². The molecule has 2 aliphatic heterocycles. The second kappa shape index (κ2) is 19.2. The van der Waals surface area contributed by atoms with Crippen LogP contribution in [0.15, 0.2) is 42.5 Å². The summed E-state index contributed by atoms with van der Waals surface area (Å²) in [4.78, 5) is 68.2. The van der Waals surface area contributed by atoms with E-state index in [9.17, 15) is 24.0 Å². The van der Waals surface area contributed by atoms with Crippen LogP contribution in [0.1, 0.15) is 137 Å². The van der Waals surface area contributed by atoms with Crippen LogP contribution in [0.3, 0.4) is 0 Å². The summed E-state index contributed by atoms with van der Waals surface area (Å²) in [6.07, 6.45) is 0.530. The monoisotopic (exact) mass is 904 g/mol. The molecular weight excluding hydrogens is 835 g/mol. The van der Waals surface area contributed by atoms with Gasteiger partial charge in [-0.25, -0.2) is 14.4 Å². The molecule has 2 aromatic carbocycles. The number of likely N-dealkylation sites (tertiary alicyclic amines) is 1. The third-order valence-electron chi connectivity index (χ3n) is 12.6. The van der Waals surface area contributed by atoms with Gasteiger partial charge in [-0.15, -0.1) is 0 Å². The van der Waals surface area contributed by atoms with E-state index >= 15 is 0 Å². The van der Waals surface area contributed by atoms with Gasteiger partial charge in [0.15, 0.2) is 5.75 Å². The number of aryl methyl sites for hydroxylation is 1. The number of alkyl carbamates (subject to hydrolysis) is 1. The molecule has 356 valence electrons. The molecule has 2 aromatic rings. The fourth-order valence-corrected chi connectivity index (χ4v) is 9.28. The molecule has 0 aromatic heterocycles. The number of carbonyl (C=O) groups is 5. The summed E-state index contributed by atoms with van der Waals surface area (Å²) in [6, 6.07) is 11.9. The number of hydrogen-bond acceptors (Lipinski definition) is 13. The highest BCUT2D eigenvalue weighted by Crippen LogP contribution is 2.65. The van der Waals surface area contributed by atoms with E-state index in [1.165, 1.54) is 0 Å². The number of nitrogens with zero attached hydrogens (tertiary/aromatic N) is 1. The molecule has 65 heavy (non-hydrogen) atoms. The van der Waals surface area contributed by atoms with Crippen molar-refractivity contribution in [2.75, 3.05) is 13.1 Å². The first-order valence-corrected chi connectivity index (χ1v) is 23.0. The summed E-state index contributed by atoms with van der Waals surface area (Å²) in [6.45, 7) is 22.7. The van der Waals surface area contributed by atoms with E-state index < -0.39 is 65.9 Å². The molecular formula is C49H69BN2O13. The Labute approximate surface area is 384 Å². The quantitative estimate of drug-likeness (QED) is 0.0779. The fourth-order valence-electron chi connectivity index (χ4n) is 9.28. The van der Waals surface area contributed by atoms with Crippen molar-refractivity contribution in [2.24, 2.45) is 17.3 Å². The van der Waals surface area contributed by atoms with Crippen molar-refractivity contribution >= 4 is 37.2 Å². The van der Waals surface area contributed by atoms with Gasteiger partial charge in [0, 0.05) is 18.9 Å². The number of hydrogen-bond donors (Lipinski definition) is 1. The molecule has 2 saturated heterocycles. The Morgan fingerprint density at radius 2 is 1.52 bits per heavy atom. The van der Waals surface area contributed by atoms with Crippen molar-refractivity contribution in [3.05, 3.63) is 59.2 Å². The predicted octanol–water partition coefficient (Wildman–Crippen LogP) is 8.62. The molecule has 16 heteroatoms. The molecule has 3 saturated carbocycles. The normalized spacial score (nSPS) is 22.9. The number of amides is 2. The van der Waals surface area contributed by atoms with Crippen LogP contribution >= 0.6 is 0 Å². The van der Waals surface area contributed by atoms with Crippen LogP contribution in [0.5, 0.6) is 11.5 Å². The highest BCUT2D eigenvalue weighted by atomic mass is 16.7. The van der Waals surface area contributed by atoms with Gasteiger partial charge in [0.1, 0.15) is 40.8 Å². The second-order valence-corrected chi connectivity index (χ2v) is 21.7. The van der Waals surface area contributed by atoms with Gasteiger partial charge in [0.2, 0.25) is 5.91 Å². The van der Waals surface area contributed by atoms with Crippen molar-refractivity contribution in [3.63, 3.8) is 0 Å². The van der Waals surface area contributed by atoms with Gasteiger partial charge in [0.05, 0.1) is 24.8 Å².